The van der Waals surface area contributed by atoms with Crippen molar-refractivity contribution < 1.29 is 4.79 Å². The highest BCUT2D eigenvalue weighted by Crippen LogP contribution is 2.32. The van der Waals surface area contributed by atoms with Crippen LogP contribution in [0.25, 0.3) is 0 Å². The number of carbonyl (C=O) groups is 1. The van der Waals surface area contributed by atoms with Gasteiger partial charge in [0.25, 0.3) is 0 Å². The monoisotopic (exact) mass is 287 g/mol. The third-order valence-electron chi connectivity index (χ3n) is 4.73. The van der Waals surface area contributed by atoms with Crippen LogP contribution >= 0.6 is 0 Å². The number of likely N-dealkylation sites (tertiary alicyclic amines) is 1. The average molecular weight is 287 g/mol. The van der Waals surface area contributed by atoms with Gasteiger partial charge in [0.15, 0.2) is 0 Å². The molecule has 2 N–H and O–H groups in total. The van der Waals surface area contributed by atoms with Crippen molar-refractivity contribution in [2.75, 3.05) is 31.5 Å². The summed E-state index contributed by atoms with van der Waals surface area (Å²) >= 11 is 0. The number of amides is 1. The normalized spacial score (nSPS) is 22.6. The first-order valence-corrected chi connectivity index (χ1v) is 8.07. The van der Waals surface area contributed by atoms with Gasteiger partial charge >= 0.3 is 0 Å². The molecule has 1 saturated heterocycles. The Labute approximate surface area is 126 Å². The second-order valence-electron chi connectivity index (χ2n) is 6.27. The summed E-state index contributed by atoms with van der Waals surface area (Å²) in [5, 5.41) is 6.49. The fraction of sp³-hybridized carbons (Fsp3) is 0.588. The van der Waals surface area contributed by atoms with Crippen LogP contribution in [0.5, 0.6) is 0 Å². The summed E-state index contributed by atoms with van der Waals surface area (Å²) in [7, 11) is 0. The standard InChI is InChI=1S/C17H25N3O/c1-13(20-8-4-5-9-20)11-19-17(21)10-14-12-18-16-7-3-2-6-15(14)16/h2-3,6-7,13-14,18H,4-5,8-12H2,1H3,(H,19,21). The van der Waals surface area contributed by atoms with Gasteiger partial charge in [0.05, 0.1) is 0 Å². The van der Waals surface area contributed by atoms with E-state index in [2.05, 4.69) is 34.6 Å². The maximum atomic E-state index is 12.2. The predicted octanol–water partition coefficient (Wildman–Crippen LogP) is 2.19. The van der Waals surface area contributed by atoms with Crippen molar-refractivity contribution >= 4 is 11.6 Å². The van der Waals surface area contributed by atoms with Crippen molar-refractivity contribution in [3.05, 3.63) is 29.8 Å². The lowest BCUT2D eigenvalue weighted by Crippen LogP contribution is -2.41. The molecule has 0 spiro atoms. The minimum Gasteiger partial charge on any atom is -0.384 e. The van der Waals surface area contributed by atoms with Crippen molar-refractivity contribution in [2.45, 2.75) is 38.1 Å². The number of nitrogens with one attached hydrogen (secondary N) is 2. The van der Waals surface area contributed by atoms with Gasteiger partial charge in [-0.25, -0.2) is 0 Å². The zero-order valence-electron chi connectivity index (χ0n) is 12.8. The van der Waals surface area contributed by atoms with Gasteiger partial charge in [0.2, 0.25) is 5.91 Å². The van der Waals surface area contributed by atoms with Gasteiger partial charge in [-0.2, -0.15) is 0 Å². The fourth-order valence-electron chi connectivity index (χ4n) is 3.41. The van der Waals surface area contributed by atoms with E-state index in [1.165, 1.54) is 37.2 Å². The second-order valence-corrected chi connectivity index (χ2v) is 6.27. The van der Waals surface area contributed by atoms with Crippen LogP contribution in [0.2, 0.25) is 0 Å². The van der Waals surface area contributed by atoms with Crippen molar-refractivity contribution in [1.82, 2.24) is 10.2 Å². The molecule has 2 aliphatic rings. The number of benzene rings is 1. The highest BCUT2D eigenvalue weighted by molar-refractivity contribution is 5.78. The smallest absolute Gasteiger partial charge is 0.220 e. The average Bonchev–Trinajstić information content (AvgIpc) is 3.15. The molecule has 0 bridgehead atoms. The molecule has 2 heterocycles. The van der Waals surface area contributed by atoms with Crippen LogP contribution in [0.4, 0.5) is 5.69 Å². The van der Waals surface area contributed by atoms with E-state index in [4.69, 9.17) is 0 Å². The van der Waals surface area contributed by atoms with E-state index in [1.54, 1.807) is 0 Å². The molecule has 0 saturated carbocycles. The summed E-state index contributed by atoms with van der Waals surface area (Å²) in [5.74, 6) is 0.479. The van der Waals surface area contributed by atoms with Gasteiger partial charge in [-0.3, -0.25) is 9.69 Å². The van der Waals surface area contributed by atoms with Gasteiger partial charge in [-0.1, -0.05) is 18.2 Å². The Hall–Kier alpha value is -1.55. The summed E-state index contributed by atoms with van der Waals surface area (Å²) in [6, 6.07) is 8.74. The Morgan fingerprint density at radius 2 is 2.14 bits per heavy atom. The Balaban J connectivity index is 1.46. The zero-order chi connectivity index (χ0) is 14.7. The molecular weight excluding hydrogens is 262 g/mol. The predicted molar refractivity (Wildman–Crippen MR) is 85.6 cm³/mol. The molecule has 4 heteroatoms. The number of para-hydroxylation sites is 1. The van der Waals surface area contributed by atoms with Crippen LogP contribution in [0.3, 0.4) is 0 Å². The largest absolute Gasteiger partial charge is 0.384 e. The number of hydrogen-bond donors (Lipinski definition) is 2. The lowest BCUT2D eigenvalue weighted by atomic mass is 9.97. The van der Waals surface area contributed by atoms with E-state index in [-0.39, 0.29) is 5.91 Å². The number of hydrogen-bond acceptors (Lipinski definition) is 3. The third kappa shape index (κ3) is 3.38. The number of carbonyl (C=O) groups excluding carboxylic acids is 1. The molecule has 2 unspecified atom stereocenters. The molecule has 2 aliphatic heterocycles. The summed E-state index contributed by atoms with van der Waals surface area (Å²) < 4.78 is 0. The number of fused-ring (bicyclic) bond motifs is 1. The van der Waals surface area contributed by atoms with Gasteiger partial charge in [0, 0.05) is 37.2 Å². The molecule has 2 atom stereocenters. The van der Waals surface area contributed by atoms with Gasteiger partial charge in [-0.05, 0) is 44.5 Å². The molecule has 21 heavy (non-hydrogen) atoms. The topological polar surface area (TPSA) is 44.4 Å². The SMILES string of the molecule is CC(CNC(=O)CC1CNc2ccccc21)N1CCCC1. The molecule has 1 aromatic rings. The molecule has 1 amide bonds. The van der Waals surface area contributed by atoms with Gasteiger partial charge in [0.1, 0.15) is 0 Å². The van der Waals surface area contributed by atoms with E-state index in [1.807, 2.05) is 12.1 Å². The first kappa shape index (κ1) is 14.4. The Morgan fingerprint density at radius 1 is 1.38 bits per heavy atom. The summed E-state index contributed by atoms with van der Waals surface area (Å²) in [6.07, 6.45) is 3.17. The van der Waals surface area contributed by atoms with Crippen molar-refractivity contribution in [2.24, 2.45) is 0 Å². The lowest BCUT2D eigenvalue weighted by Gasteiger charge is -2.24. The van der Waals surface area contributed by atoms with E-state index in [0.29, 0.717) is 18.4 Å². The van der Waals surface area contributed by atoms with Crippen LogP contribution in [0, 0.1) is 0 Å². The number of rotatable bonds is 5. The molecule has 0 aromatic heterocycles. The van der Waals surface area contributed by atoms with E-state index < -0.39 is 0 Å². The molecule has 3 rings (SSSR count). The van der Waals surface area contributed by atoms with Crippen LogP contribution in [-0.2, 0) is 4.79 Å². The highest BCUT2D eigenvalue weighted by Gasteiger charge is 2.24. The number of anilines is 1. The minimum atomic E-state index is 0.171. The Kier molecular flexibility index (Phi) is 4.44. The Bertz CT molecular complexity index is 497. The number of nitrogens with zero attached hydrogens (tertiary/aromatic N) is 1. The first-order chi connectivity index (χ1) is 10.2. The summed E-state index contributed by atoms with van der Waals surface area (Å²) in [4.78, 5) is 14.6. The molecule has 1 fully saturated rings. The van der Waals surface area contributed by atoms with Crippen LogP contribution in [0.15, 0.2) is 24.3 Å². The Morgan fingerprint density at radius 3 is 2.95 bits per heavy atom. The van der Waals surface area contributed by atoms with Gasteiger partial charge < -0.3 is 10.6 Å². The van der Waals surface area contributed by atoms with Crippen molar-refractivity contribution in [3.8, 4) is 0 Å². The first-order valence-electron chi connectivity index (χ1n) is 8.07. The van der Waals surface area contributed by atoms with E-state index in [0.717, 1.165) is 13.1 Å². The molecule has 0 radical (unpaired) electrons. The summed E-state index contributed by atoms with van der Waals surface area (Å²) in [5.41, 5.74) is 2.46. The maximum Gasteiger partial charge on any atom is 0.220 e. The maximum absolute atomic E-state index is 12.2. The van der Waals surface area contributed by atoms with E-state index in [9.17, 15) is 4.79 Å². The third-order valence-corrected chi connectivity index (χ3v) is 4.73. The highest BCUT2D eigenvalue weighted by atomic mass is 16.1. The van der Waals surface area contributed by atoms with E-state index >= 15 is 0 Å². The quantitative estimate of drug-likeness (QED) is 0.872. The van der Waals surface area contributed by atoms with Crippen molar-refractivity contribution in [1.29, 1.82) is 0 Å². The molecule has 4 nitrogen and oxygen atoms in total. The second kappa shape index (κ2) is 6.48. The fourth-order valence-corrected chi connectivity index (χ4v) is 3.41. The van der Waals surface area contributed by atoms with Crippen LogP contribution in [-0.4, -0.2) is 43.0 Å². The van der Waals surface area contributed by atoms with Crippen molar-refractivity contribution in [3.63, 3.8) is 0 Å². The molecule has 1 aromatic carbocycles. The van der Waals surface area contributed by atoms with Crippen LogP contribution in [0.1, 0.15) is 37.7 Å². The molecule has 0 aliphatic carbocycles. The van der Waals surface area contributed by atoms with Crippen LogP contribution < -0.4 is 10.6 Å². The molecular formula is C17H25N3O. The zero-order valence-corrected chi connectivity index (χ0v) is 12.8. The summed E-state index contributed by atoms with van der Waals surface area (Å²) in [6.45, 7) is 6.20. The minimum absolute atomic E-state index is 0.171. The van der Waals surface area contributed by atoms with Gasteiger partial charge in [-0.15, -0.1) is 0 Å². The molecule has 114 valence electrons. The lowest BCUT2D eigenvalue weighted by molar-refractivity contribution is -0.121.